The Bertz CT molecular complexity index is 1750. The number of carbonyl (C=O) groups excluding carboxylic acids is 2. The second kappa shape index (κ2) is 12.7. The van der Waals surface area contributed by atoms with Crippen LogP contribution in [0.15, 0.2) is 76.2 Å². The Balaban J connectivity index is 1.31. The van der Waals surface area contributed by atoms with E-state index < -0.39 is 72.0 Å². The average Bonchev–Trinajstić information content (AvgIpc) is 3.59. The summed E-state index contributed by atoms with van der Waals surface area (Å²) >= 11 is 0. The van der Waals surface area contributed by atoms with Crippen molar-refractivity contribution in [3.63, 3.8) is 0 Å². The first-order chi connectivity index (χ1) is 22.7. The number of carbonyl (C=O) groups is 2. The van der Waals surface area contributed by atoms with Crippen LogP contribution in [0.2, 0.25) is 6.32 Å². The van der Waals surface area contributed by atoms with E-state index in [4.69, 9.17) is 9.07 Å². The number of allylic oxidation sites excluding steroid dienone is 2. The number of nitrogens with zero attached hydrogens (tertiary/aromatic N) is 1. The van der Waals surface area contributed by atoms with Crippen LogP contribution in [0, 0.1) is 17.8 Å². The molecule has 6 rings (SSSR count). The summed E-state index contributed by atoms with van der Waals surface area (Å²) in [5.74, 6) is -3.77. The number of hydrogen-bond donors (Lipinski definition) is 2. The number of aliphatic hydroxyl groups is 1. The molecule has 0 saturated carbocycles. The van der Waals surface area contributed by atoms with Crippen LogP contribution in [-0.2, 0) is 33.2 Å². The zero-order valence-corrected chi connectivity index (χ0v) is 25.5. The van der Waals surface area contributed by atoms with Gasteiger partial charge in [-0.25, -0.2) is 4.90 Å². The standard InChI is InChI=1S/C34H30BF6NO6/c1-18-11-26-30(32(45)42(31(26)44)23-14-21(33(36,37)38)13-22(15-23)34(39,40)41)27-16-35(46)48-28(29(18)27)10-7-20(19-5-3-2-4-6-19)12-24-8-9-25(17-43)47-24/h2-6,8-9,12-15,26-28,30,43,46H,7,10-11,16-17H2,1H3/b20-12-/t26-,27+,28-,30-/m1/s1. The Hall–Kier alpha value is -4.14. The van der Waals surface area contributed by atoms with Crippen molar-refractivity contribution in [3.05, 3.63) is 100 Å². The zero-order valence-electron chi connectivity index (χ0n) is 25.5. The number of anilines is 1. The normalized spacial score (nSPS) is 23.6. The number of amides is 2. The van der Waals surface area contributed by atoms with Gasteiger partial charge < -0.3 is 19.2 Å². The van der Waals surface area contributed by atoms with Gasteiger partial charge in [0.2, 0.25) is 11.8 Å². The van der Waals surface area contributed by atoms with E-state index >= 15 is 0 Å². The molecule has 0 radical (unpaired) electrons. The molecule has 48 heavy (non-hydrogen) atoms. The van der Waals surface area contributed by atoms with Crippen molar-refractivity contribution >= 4 is 36.3 Å². The van der Waals surface area contributed by atoms with E-state index in [1.165, 1.54) is 0 Å². The molecule has 2 aliphatic heterocycles. The molecule has 2 saturated heterocycles. The molecule has 2 fully saturated rings. The Morgan fingerprint density at radius 1 is 0.958 bits per heavy atom. The molecular formula is C34H30BF6NO6. The molecule has 0 bridgehead atoms. The van der Waals surface area contributed by atoms with E-state index in [1.807, 2.05) is 36.4 Å². The number of furan rings is 1. The van der Waals surface area contributed by atoms with Crippen molar-refractivity contribution in [2.75, 3.05) is 4.90 Å². The highest BCUT2D eigenvalue weighted by Crippen LogP contribution is 2.52. The van der Waals surface area contributed by atoms with Crippen molar-refractivity contribution in [2.24, 2.45) is 17.8 Å². The summed E-state index contributed by atoms with van der Waals surface area (Å²) in [7, 11) is -1.33. The van der Waals surface area contributed by atoms with Gasteiger partial charge in [-0.2, -0.15) is 26.3 Å². The van der Waals surface area contributed by atoms with Gasteiger partial charge in [-0.3, -0.25) is 9.59 Å². The molecule has 2 N–H and O–H groups in total. The first-order valence-corrected chi connectivity index (χ1v) is 15.3. The fourth-order valence-electron chi connectivity index (χ4n) is 7.21. The first kappa shape index (κ1) is 33.8. The van der Waals surface area contributed by atoms with Crippen molar-refractivity contribution < 1.29 is 55.1 Å². The quantitative estimate of drug-likeness (QED) is 0.120. The van der Waals surface area contributed by atoms with Crippen LogP contribution in [-0.4, -0.2) is 35.2 Å². The number of rotatable bonds is 7. The van der Waals surface area contributed by atoms with E-state index in [1.54, 1.807) is 19.1 Å². The third-order valence-corrected chi connectivity index (χ3v) is 9.26. The summed E-state index contributed by atoms with van der Waals surface area (Å²) in [6.07, 6.45) is -8.48. The largest absolute Gasteiger partial charge is 0.459 e. The van der Waals surface area contributed by atoms with Crippen molar-refractivity contribution in [1.29, 1.82) is 0 Å². The summed E-state index contributed by atoms with van der Waals surface area (Å²) in [4.78, 5) is 27.9. The summed E-state index contributed by atoms with van der Waals surface area (Å²) in [6.45, 7) is 1.49. The van der Waals surface area contributed by atoms with Gasteiger partial charge >= 0.3 is 19.5 Å². The molecule has 1 aliphatic carbocycles. The van der Waals surface area contributed by atoms with Crippen molar-refractivity contribution in [3.8, 4) is 0 Å². The Morgan fingerprint density at radius 3 is 2.23 bits per heavy atom. The fourth-order valence-corrected chi connectivity index (χ4v) is 7.21. The van der Waals surface area contributed by atoms with Crippen LogP contribution < -0.4 is 4.90 Å². The van der Waals surface area contributed by atoms with E-state index in [0.717, 1.165) is 11.1 Å². The van der Waals surface area contributed by atoms with Crippen LogP contribution in [0.1, 0.15) is 54.4 Å². The maximum Gasteiger partial charge on any atom is 0.455 e. The van der Waals surface area contributed by atoms with Gasteiger partial charge in [0, 0.05) is 0 Å². The monoisotopic (exact) mass is 673 g/mol. The SMILES string of the molecule is CC1=C2[C@@H](CC/C(=C/c3ccc(CO)o3)c3ccccc3)OB(O)C[C@@H]2[C@@H]2C(=O)N(c3cc(C(F)(F)F)cc(C(F)(F)F)c3)C(=O)[C@@H]2C1. The molecule has 3 aliphatic rings. The zero-order chi connectivity index (χ0) is 34.5. The van der Waals surface area contributed by atoms with Gasteiger partial charge in [-0.1, -0.05) is 35.9 Å². The highest BCUT2D eigenvalue weighted by molar-refractivity contribution is 6.43. The van der Waals surface area contributed by atoms with Gasteiger partial charge in [-0.05, 0) is 91.5 Å². The molecule has 4 atom stereocenters. The molecule has 1 aromatic heterocycles. The summed E-state index contributed by atoms with van der Waals surface area (Å²) in [5, 5.41) is 20.2. The summed E-state index contributed by atoms with van der Waals surface area (Å²) < 4.78 is 93.4. The summed E-state index contributed by atoms with van der Waals surface area (Å²) in [6, 6.07) is 13.5. The smallest absolute Gasteiger partial charge is 0.455 e. The number of halogens is 6. The average molecular weight is 673 g/mol. The van der Waals surface area contributed by atoms with Crippen LogP contribution in [0.5, 0.6) is 0 Å². The number of benzene rings is 2. The second-order valence-electron chi connectivity index (χ2n) is 12.3. The second-order valence-corrected chi connectivity index (χ2v) is 12.3. The topological polar surface area (TPSA) is 100 Å². The highest BCUT2D eigenvalue weighted by atomic mass is 19.4. The van der Waals surface area contributed by atoms with Gasteiger partial charge in [-0.15, -0.1) is 0 Å². The van der Waals surface area contributed by atoms with Crippen LogP contribution >= 0.6 is 0 Å². The fraction of sp³-hybridized carbons (Fsp3) is 0.353. The van der Waals surface area contributed by atoms with Gasteiger partial charge in [0.25, 0.3) is 0 Å². The number of imide groups is 1. The van der Waals surface area contributed by atoms with Crippen LogP contribution in [0.3, 0.4) is 0 Å². The van der Waals surface area contributed by atoms with Crippen molar-refractivity contribution in [1.82, 2.24) is 0 Å². The van der Waals surface area contributed by atoms with Crippen LogP contribution in [0.4, 0.5) is 32.0 Å². The maximum atomic E-state index is 13.9. The molecule has 0 unspecified atom stereocenters. The molecule has 2 aromatic carbocycles. The lowest BCUT2D eigenvalue weighted by Crippen LogP contribution is -2.46. The molecule has 3 heterocycles. The van der Waals surface area contributed by atoms with Gasteiger partial charge in [0.15, 0.2) is 0 Å². The third kappa shape index (κ3) is 6.48. The van der Waals surface area contributed by atoms with E-state index in [-0.39, 0.29) is 25.4 Å². The van der Waals surface area contributed by atoms with Gasteiger partial charge in [0.05, 0.1) is 34.8 Å². The lowest BCUT2D eigenvalue weighted by molar-refractivity contribution is -0.143. The highest BCUT2D eigenvalue weighted by Gasteiger charge is 2.57. The summed E-state index contributed by atoms with van der Waals surface area (Å²) in [5.41, 5.74) is -0.932. The lowest BCUT2D eigenvalue weighted by atomic mass is 9.58. The minimum Gasteiger partial charge on any atom is -0.459 e. The van der Waals surface area contributed by atoms with Crippen molar-refractivity contribution in [2.45, 2.75) is 57.6 Å². The number of alkyl halides is 6. The van der Waals surface area contributed by atoms with E-state index in [0.29, 0.717) is 52.5 Å². The maximum absolute atomic E-state index is 13.9. The van der Waals surface area contributed by atoms with E-state index in [9.17, 15) is 46.1 Å². The molecular weight excluding hydrogens is 643 g/mol. The number of aliphatic hydroxyl groups excluding tert-OH is 1. The third-order valence-electron chi connectivity index (χ3n) is 9.26. The lowest BCUT2D eigenvalue weighted by Gasteiger charge is -2.42. The molecule has 2 amide bonds. The number of hydrogen-bond acceptors (Lipinski definition) is 6. The molecule has 252 valence electrons. The van der Waals surface area contributed by atoms with Gasteiger partial charge in [0.1, 0.15) is 18.1 Å². The minimum atomic E-state index is -5.16. The molecule has 7 nitrogen and oxygen atoms in total. The molecule has 3 aromatic rings. The van der Waals surface area contributed by atoms with E-state index in [2.05, 4.69) is 0 Å². The Labute approximate surface area is 271 Å². The first-order valence-electron chi connectivity index (χ1n) is 15.3. The number of fused-ring (bicyclic) bond motifs is 3. The Kier molecular flexibility index (Phi) is 8.94. The molecule has 0 spiro atoms. The minimum absolute atomic E-state index is 0.0519. The Morgan fingerprint density at radius 2 is 1.62 bits per heavy atom. The molecule has 14 heteroatoms. The van der Waals surface area contributed by atoms with Crippen LogP contribution in [0.25, 0.3) is 11.6 Å². The predicted octanol–water partition coefficient (Wildman–Crippen LogP) is 7.15. The predicted molar refractivity (Wildman–Crippen MR) is 163 cm³/mol.